The van der Waals surface area contributed by atoms with Crippen LogP contribution in [0.1, 0.15) is 38.5 Å². The lowest BCUT2D eigenvalue weighted by Crippen LogP contribution is -2.18. The Morgan fingerprint density at radius 2 is 1.72 bits per heavy atom. The van der Waals surface area contributed by atoms with Gasteiger partial charge in [0, 0.05) is 0 Å². The maximum atomic E-state index is 5.78. The molecule has 18 heavy (non-hydrogen) atoms. The second kappa shape index (κ2) is 6.34. The standard InChI is InChI=1S/C11H19N5O2/c1-17-10-13-9(16-12)14-11(15-10)18-8-6-4-2-3-5-7-8/h8H,2-7,12H2,1H3,(H,13,14,15,16). The van der Waals surface area contributed by atoms with E-state index in [0.717, 1.165) is 12.8 Å². The average Bonchev–Trinajstić information content (AvgIpc) is 2.67. The van der Waals surface area contributed by atoms with Crippen LogP contribution in [0.4, 0.5) is 5.95 Å². The molecular formula is C11H19N5O2. The van der Waals surface area contributed by atoms with Crippen molar-refractivity contribution in [2.24, 2.45) is 5.84 Å². The van der Waals surface area contributed by atoms with E-state index in [9.17, 15) is 0 Å². The van der Waals surface area contributed by atoms with Crippen molar-refractivity contribution in [2.45, 2.75) is 44.6 Å². The molecule has 3 N–H and O–H groups in total. The van der Waals surface area contributed by atoms with Gasteiger partial charge < -0.3 is 9.47 Å². The van der Waals surface area contributed by atoms with E-state index in [1.54, 1.807) is 0 Å². The molecule has 0 atom stereocenters. The van der Waals surface area contributed by atoms with Crippen LogP contribution in [-0.2, 0) is 0 Å². The number of rotatable bonds is 4. The molecule has 1 aromatic heterocycles. The van der Waals surface area contributed by atoms with Crippen LogP contribution < -0.4 is 20.7 Å². The van der Waals surface area contributed by atoms with Crippen molar-refractivity contribution in [3.8, 4) is 12.0 Å². The molecule has 0 aromatic carbocycles. The Balaban J connectivity index is 2.06. The van der Waals surface area contributed by atoms with Crippen LogP contribution in [0.5, 0.6) is 12.0 Å². The molecule has 0 aliphatic heterocycles. The fourth-order valence-electron chi connectivity index (χ4n) is 2.06. The van der Waals surface area contributed by atoms with E-state index in [0.29, 0.717) is 0 Å². The molecule has 2 rings (SSSR count). The number of hydrogen-bond donors (Lipinski definition) is 2. The summed E-state index contributed by atoms with van der Waals surface area (Å²) in [4.78, 5) is 12.0. The van der Waals surface area contributed by atoms with Crippen molar-refractivity contribution in [1.82, 2.24) is 15.0 Å². The molecule has 0 bridgehead atoms. The molecule has 1 heterocycles. The maximum absolute atomic E-state index is 5.78. The Hall–Kier alpha value is -1.63. The lowest BCUT2D eigenvalue weighted by Gasteiger charge is -2.15. The maximum Gasteiger partial charge on any atom is 0.324 e. The van der Waals surface area contributed by atoms with Gasteiger partial charge in [-0.25, -0.2) is 5.84 Å². The molecule has 1 fully saturated rings. The van der Waals surface area contributed by atoms with E-state index < -0.39 is 0 Å². The smallest absolute Gasteiger partial charge is 0.324 e. The van der Waals surface area contributed by atoms with Gasteiger partial charge in [-0.1, -0.05) is 12.8 Å². The highest BCUT2D eigenvalue weighted by Gasteiger charge is 2.16. The van der Waals surface area contributed by atoms with E-state index >= 15 is 0 Å². The summed E-state index contributed by atoms with van der Waals surface area (Å²) in [5.74, 6) is 5.53. The fraction of sp³-hybridized carbons (Fsp3) is 0.727. The molecule has 0 radical (unpaired) electrons. The minimum atomic E-state index is 0.172. The number of hydrazine groups is 1. The molecule has 100 valence electrons. The minimum Gasteiger partial charge on any atom is -0.467 e. The topological polar surface area (TPSA) is 95.2 Å². The van der Waals surface area contributed by atoms with Gasteiger partial charge >= 0.3 is 12.0 Å². The van der Waals surface area contributed by atoms with Crippen molar-refractivity contribution >= 4 is 5.95 Å². The van der Waals surface area contributed by atoms with Crippen LogP contribution in [0.3, 0.4) is 0 Å². The number of nitrogens with two attached hydrogens (primary N) is 1. The summed E-state index contributed by atoms with van der Waals surface area (Å²) in [5.41, 5.74) is 2.37. The SMILES string of the molecule is COc1nc(NN)nc(OC2CCCCCC2)n1. The zero-order valence-electron chi connectivity index (χ0n) is 10.6. The molecule has 7 nitrogen and oxygen atoms in total. The number of methoxy groups -OCH3 is 1. The Bertz CT molecular complexity index is 357. The number of nitrogens with zero attached hydrogens (tertiary/aromatic N) is 3. The van der Waals surface area contributed by atoms with Crippen molar-refractivity contribution < 1.29 is 9.47 Å². The van der Waals surface area contributed by atoms with E-state index in [1.807, 2.05) is 0 Å². The van der Waals surface area contributed by atoms with E-state index in [-0.39, 0.29) is 24.1 Å². The molecule has 1 aliphatic rings. The van der Waals surface area contributed by atoms with Crippen LogP contribution in [0.15, 0.2) is 0 Å². The molecule has 1 aromatic rings. The lowest BCUT2D eigenvalue weighted by atomic mass is 10.2. The molecule has 1 aliphatic carbocycles. The molecular weight excluding hydrogens is 234 g/mol. The van der Waals surface area contributed by atoms with Crippen LogP contribution in [-0.4, -0.2) is 28.2 Å². The highest BCUT2D eigenvalue weighted by atomic mass is 16.5. The van der Waals surface area contributed by atoms with Crippen LogP contribution in [0.2, 0.25) is 0 Å². The number of anilines is 1. The summed E-state index contributed by atoms with van der Waals surface area (Å²) in [6, 6.07) is 0.461. The second-order valence-corrected chi connectivity index (χ2v) is 4.30. The highest BCUT2D eigenvalue weighted by molar-refractivity contribution is 5.25. The first-order valence-electron chi connectivity index (χ1n) is 6.25. The van der Waals surface area contributed by atoms with Gasteiger partial charge in [0.2, 0.25) is 5.95 Å². The monoisotopic (exact) mass is 253 g/mol. The van der Waals surface area contributed by atoms with Crippen molar-refractivity contribution in [1.29, 1.82) is 0 Å². The number of aromatic nitrogens is 3. The summed E-state index contributed by atoms with van der Waals surface area (Å²) in [6.45, 7) is 0. The lowest BCUT2D eigenvalue weighted by molar-refractivity contribution is 0.165. The Morgan fingerprint density at radius 1 is 1.06 bits per heavy atom. The largest absolute Gasteiger partial charge is 0.467 e. The highest BCUT2D eigenvalue weighted by Crippen LogP contribution is 2.22. The third kappa shape index (κ3) is 3.43. The minimum absolute atomic E-state index is 0.172. The Kier molecular flexibility index (Phi) is 4.52. The molecule has 0 spiro atoms. The van der Waals surface area contributed by atoms with E-state index in [2.05, 4.69) is 20.4 Å². The number of nitrogens with one attached hydrogen (secondary N) is 1. The van der Waals surface area contributed by atoms with Gasteiger partial charge in [-0.05, 0) is 25.7 Å². The van der Waals surface area contributed by atoms with Crippen molar-refractivity contribution in [2.75, 3.05) is 12.5 Å². The molecule has 0 saturated heterocycles. The summed E-state index contributed by atoms with van der Waals surface area (Å²) in [5, 5.41) is 0. The predicted molar refractivity (Wildman–Crippen MR) is 66.3 cm³/mol. The normalized spacial score (nSPS) is 17.0. The number of ether oxygens (including phenoxy) is 2. The van der Waals surface area contributed by atoms with Gasteiger partial charge in [0.1, 0.15) is 6.10 Å². The zero-order chi connectivity index (χ0) is 12.8. The van der Waals surface area contributed by atoms with Gasteiger partial charge in [-0.15, -0.1) is 4.98 Å². The first-order valence-corrected chi connectivity index (χ1v) is 6.25. The third-order valence-corrected chi connectivity index (χ3v) is 2.98. The summed E-state index contributed by atoms with van der Waals surface area (Å²) in [7, 11) is 1.49. The van der Waals surface area contributed by atoms with E-state index in [1.165, 1.54) is 32.8 Å². The predicted octanol–water partition coefficient (Wildman–Crippen LogP) is 1.27. The Labute approximate surface area is 106 Å². The molecule has 0 amide bonds. The Morgan fingerprint density at radius 3 is 2.33 bits per heavy atom. The summed E-state index contributed by atoms with van der Waals surface area (Å²) < 4.78 is 10.8. The quantitative estimate of drug-likeness (QED) is 0.474. The van der Waals surface area contributed by atoms with E-state index in [4.69, 9.17) is 15.3 Å². The number of hydrogen-bond acceptors (Lipinski definition) is 7. The molecule has 1 saturated carbocycles. The van der Waals surface area contributed by atoms with Crippen LogP contribution in [0.25, 0.3) is 0 Å². The first-order chi connectivity index (χ1) is 8.81. The van der Waals surface area contributed by atoms with Gasteiger partial charge in [-0.3, -0.25) is 5.43 Å². The average molecular weight is 253 g/mol. The molecule has 7 heteroatoms. The summed E-state index contributed by atoms with van der Waals surface area (Å²) >= 11 is 0. The van der Waals surface area contributed by atoms with Gasteiger partial charge in [0.25, 0.3) is 0 Å². The summed E-state index contributed by atoms with van der Waals surface area (Å²) in [6.07, 6.45) is 7.18. The second-order valence-electron chi connectivity index (χ2n) is 4.30. The van der Waals surface area contributed by atoms with Gasteiger partial charge in [0.05, 0.1) is 7.11 Å². The fourth-order valence-corrected chi connectivity index (χ4v) is 2.06. The van der Waals surface area contributed by atoms with Crippen molar-refractivity contribution in [3.05, 3.63) is 0 Å². The third-order valence-electron chi connectivity index (χ3n) is 2.98. The van der Waals surface area contributed by atoms with Crippen LogP contribution in [0, 0.1) is 0 Å². The first kappa shape index (κ1) is 12.8. The molecule has 0 unspecified atom stereocenters. The number of nitrogen functional groups attached to an aromatic ring is 1. The zero-order valence-corrected chi connectivity index (χ0v) is 10.6. The van der Waals surface area contributed by atoms with Gasteiger partial charge in [0.15, 0.2) is 0 Å². The van der Waals surface area contributed by atoms with Crippen molar-refractivity contribution in [3.63, 3.8) is 0 Å². The van der Waals surface area contributed by atoms with Gasteiger partial charge in [-0.2, -0.15) is 9.97 Å². The van der Waals surface area contributed by atoms with Crippen LogP contribution >= 0.6 is 0 Å².